The number of para-hydroxylation sites is 1. The zero-order valence-electron chi connectivity index (χ0n) is 17.5. The van der Waals surface area contributed by atoms with Crippen LogP contribution < -0.4 is 15.4 Å². The van der Waals surface area contributed by atoms with E-state index >= 15 is 0 Å². The SMILES string of the molecule is CCCOc1ccccc1C(=O)Nc1ccc(C(=O)NCCN(CC)CC)cc1. The molecule has 0 aromatic heterocycles. The van der Waals surface area contributed by atoms with Crippen LogP contribution >= 0.6 is 0 Å². The summed E-state index contributed by atoms with van der Waals surface area (Å²) in [5.41, 5.74) is 1.67. The second-order valence-electron chi connectivity index (χ2n) is 6.66. The van der Waals surface area contributed by atoms with Gasteiger partial charge in [-0.1, -0.05) is 32.9 Å². The molecule has 0 bridgehead atoms. The predicted octanol–water partition coefficient (Wildman–Crippen LogP) is 3.80. The van der Waals surface area contributed by atoms with Gasteiger partial charge in [0, 0.05) is 24.3 Å². The Balaban J connectivity index is 1.93. The molecule has 0 fully saturated rings. The van der Waals surface area contributed by atoms with Gasteiger partial charge in [-0.3, -0.25) is 9.59 Å². The highest BCUT2D eigenvalue weighted by atomic mass is 16.5. The largest absolute Gasteiger partial charge is 0.493 e. The van der Waals surface area contributed by atoms with E-state index in [1.165, 1.54) is 0 Å². The van der Waals surface area contributed by atoms with Crippen LogP contribution in [0.25, 0.3) is 0 Å². The molecule has 2 N–H and O–H groups in total. The minimum absolute atomic E-state index is 0.117. The summed E-state index contributed by atoms with van der Waals surface area (Å²) in [5, 5.41) is 5.78. The van der Waals surface area contributed by atoms with E-state index in [-0.39, 0.29) is 11.8 Å². The van der Waals surface area contributed by atoms with Gasteiger partial charge < -0.3 is 20.3 Å². The van der Waals surface area contributed by atoms with E-state index in [1.54, 1.807) is 42.5 Å². The molecule has 0 radical (unpaired) electrons. The summed E-state index contributed by atoms with van der Waals surface area (Å²) in [5.74, 6) is 0.206. The molecule has 0 aliphatic rings. The van der Waals surface area contributed by atoms with E-state index in [1.807, 2.05) is 13.0 Å². The van der Waals surface area contributed by atoms with E-state index in [2.05, 4.69) is 29.4 Å². The van der Waals surface area contributed by atoms with Crippen molar-refractivity contribution >= 4 is 17.5 Å². The van der Waals surface area contributed by atoms with Crippen LogP contribution in [0, 0.1) is 0 Å². The summed E-state index contributed by atoms with van der Waals surface area (Å²) in [7, 11) is 0. The van der Waals surface area contributed by atoms with Crippen LogP contribution in [0.15, 0.2) is 48.5 Å². The zero-order chi connectivity index (χ0) is 21.1. The number of benzene rings is 2. The lowest BCUT2D eigenvalue weighted by atomic mass is 10.1. The Morgan fingerprint density at radius 2 is 1.62 bits per heavy atom. The maximum absolute atomic E-state index is 12.6. The van der Waals surface area contributed by atoms with Gasteiger partial charge in [0.15, 0.2) is 0 Å². The molecule has 2 aromatic carbocycles. The van der Waals surface area contributed by atoms with Gasteiger partial charge in [-0.25, -0.2) is 0 Å². The summed E-state index contributed by atoms with van der Waals surface area (Å²) < 4.78 is 5.65. The molecule has 0 saturated carbocycles. The molecule has 0 aliphatic heterocycles. The van der Waals surface area contributed by atoms with Crippen molar-refractivity contribution in [3.8, 4) is 5.75 Å². The number of carbonyl (C=O) groups is 2. The van der Waals surface area contributed by atoms with E-state index in [9.17, 15) is 9.59 Å². The molecule has 0 spiro atoms. The molecule has 0 heterocycles. The molecule has 2 aromatic rings. The van der Waals surface area contributed by atoms with Gasteiger partial charge in [0.1, 0.15) is 5.75 Å². The lowest BCUT2D eigenvalue weighted by molar-refractivity contribution is 0.0948. The van der Waals surface area contributed by atoms with Crippen LogP contribution in [0.4, 0.5) is 5.69 Å². The minimum Gasteiger partial charge on any atom is -0.493 e. The van der Waals surface area contributed by atoms with E-state index in [0.717, 1.165) is 26.1 Å². The molecule has 0 aliphatic carbocycles. The number of nitrogens with one attached hydrogen (secondary N) is 2. The fourth-order valence-electron chi connectivity index (χ4n) is 2.86. The Kier molecular flexibility index (Phi) is 9.18. The number of carbonyl (C=O) groups excluding carboxylic acids is 2. The number of anilines is 1. The molecular weight excluding hydrogens is 366 g/mol. The topological polar surface area (TPSA) is 70.7 Å². The van der Waals surface area contributed by atoms with Crippen LogP contribution in [0.5, 0.6) is 5.75 Å². The molecule has 0 unspecified atom stereocenters. The van der Waals surface area contributed by atoms with Crippen molar-refractivity contribution in [2.45, 2.75) is 27.2 Å². The molecule has 29 heavy (non-hydrogen) atoms. The van der Waals surface area contributed by atoms with Crippen LogP contribution in [-0.2, 0) is 0 Å². The van der Waals surface area contributed by atoms with Crippen molar-refractivity contribution in [3.05, 3.63) is 59.7 Å². The van der Waals surface area contributed by atoms with Gasteiger partial charge in [-0.15, -0.1) is 0 Å². The molecule has 2 amide bonds. The number of nitrogens with zero attached hydrogens (tertiary/aromatic N) is 1. The summed E-state index contributed by atoms with van der Waals surface area (Å²) >= 11 is 0. The first-order chi connectivity index (χ1) is 14.1. The molecule has 0 atom stereocenters. The maximum Gasteiger partial charge on any atom is 0.259 e. The Morgan fingerprint density at radius 1 is 0.931 bits per heavy atom. The van der Waals surface area contributed by atoms with Crippen LogP contribution in [0.2, 0.25) is 0 Å². The van der Waals surface area contributed by atoms with Crippen molar-refractivity contribution in [3.63, 3.8) is 0 Å². The Labute approximate surface area is 173 Å². The number of likely N-dealkylation sites (N-methyl/N-ethyl adjacent to an activating group) is 1. The van der Waals surface area contributed by atoms with Crippen molar-refractivity contribution in [2.24, 2.45) is 0 Å². The predicted molar refractivity (Wildman–Crippen MR) is 117 cm³/mol. The lowest BCUT2D eigenvalue weighted by Gasteiger charge is -2.18. The van der Waals surface area contributed by atoms with Crippen molar-refractivity contribution < 1.29 is 14.3 Å². The fraction of sp³-hybridized carbons (Fsp3) is 0.391. The third-order valence-corrected chi connectivity index (χ3v) is 4.61. The van der Waals surface area contributed by atoms with Crippen molar-refractivity contribution in [1.29, 1.82) is 0 Å². The molecule has 0 saturated heterocycles. The second kappa shape index (κ2) is 11.9. The summed E-state index contributed by atoms with van der Waals surface area (Å²) in [6.07, 6.45) is 0.869. The van der Waals surface area contributed by atoms with Crippen LogP contribution in [0.1, 0.15) is 47.9 Å². The average molecular weight is 398 g/mol. The first-order valence-electron chi connectivity index (χ1n) is 10.2. The van der Waals surface area contributed by atoms with Crippen molar-refractivity contribution in [1.82, 2.24) is 10.2 Å². The van der Waals surface area contributed by atoms with E-state index in [4.69, 9.17) is 4.74 Å². The summed E-state index contributed by atoms with van der Waals surface area (Å²) in [6, 6.07) is 14.0. The van der Waals surface area contributed by atoms with E-state index in [0.29, 0.717) is 35.7 Å². The Morgan fingerprint density at radius 3 is 2.28 bits per heavy atom. The molecular formula is C23H31N3O3. The highest BCUT2D eigenvalue weighted by Gasteiger charge is 2.13. The normalized spacial score (nSPS) is 10.6. The number of amides is 2. The lowest BCUT2D eigenvalue weighted by Crippen LogP contribution is -2.34. The molecule has 6 nitrogen and oxygen atoms in total. The zero-order valence-corrected chi connectivity index (χ0v) is 17.5. The van der Waals surface area contributed by atoms with Gasteiger partial charge in [0.2, 0.25) is 0 Å². The molecule has 156 valence electrons. The van der Waals surface area contributed by atoms with Crippen LogP contribution in [-0.4, -0.2) is 49.5 Å². The quantitative estimate of drug-likeness (QED) is 0.605. The van der Waals surface area contributed by atoms with E-state index < -0.39 is 0 Å². The van der Waals surface area contributed by atoms with Gasteiger partial charge in [-0.05, 0) is 55.9 Å². The first kappa shape index (κ1) is 22.4. The van der Waals surface area contributed by atoms with Crippen molar-refractivity contribution in [2.75, 3.05) is 38.1 Å². The minimum atomic E-state index is -0.242. The standard InChI is InChI=1S/C23H31N3O3/c1-4-17-29-21-10-8-7-9-20(21)23(28)25-19-13-11-18(12-14-19)22(27)24-15-16-26(5-2)6-3/h7-14H,4-6,15-17H2,1-3H3,(H,24,27)(H,25,28). The Hall–Kier alpha value is -2.86. The maximum atomic E-state index is 12.6. The Bertz CT molecular complexity index is 786. The van der Waals surface area contributed by atoms with Gasteiger partial charge in [-0.2, -0.15) is 0 Å². The summed E-state index contributed by atoms with van der Waals surface area (Å²) in [4.78, 5) is 27.1. The second-order valence-corrected chi connectivity index (χ2v) is 6.66. The number of hydrogen-bond donors (Lipinski definition) is 2. The van der Waals surface area contributed by atoms with Gasteiger partial charge in [0.05, 0.1) is 12.2 Å². The average Bonchev–Trinajstić information content (AvgIpc) is 2.75. The number of rotatable bonds is 11. The number of ether oxygens (including phenoxy) is 1. The highest BCUT2D eigenvalue weighted by molar-refractivity contribution is 6.06. The molecule has 2 rings (SSSR count). The third kappa shape index (κ3) is 6.91. The summed E-state index contributed by atoms with van der Waals surface area (Å²) in [6.45, 7) is 10.1. The molecule has 6 heteroatoms. The van der Waals surface area contributed by atoms with Gasteiger partial charge >= 0.3 is 0 Å². The first-order valence-corrected chi connectivity index (χ1v) is 10.2. The van der Waals surface area contributed by atoms with Crippen LogP contribution in [0.3, 0.4) is 0 Å². The smallest absolute Gasteiger partial charge is 0.259 e. The third-order valence-electron chi connectivity index (χ3n) is 4.61. The highest BCUT2D eigenvalue weighted by Crippen LogP contribution is 2.20. The van der Waals surface area contributed by atoms with Gasteiger partial charge in [0.25, 0.3) is 11.8 Å². The number of hydrogen-bond acceptors (Lipinski definition) is 4. The fourth-order valence-corrected chi connectivity index (χ4v) is 2.86. The monoisotopic (exact) mass is 397 g/mol.